The van der Waals surface area contributed by atoms with Crippen LogP contribution < -0.4 is 15.4 Å². The Morgan fingerprint density at radius 2 is 1.82 bits per heavy atom. The van der Waals surface area contributed by atoms with Crippen molar-refractivity contribution < 1.29 is 28.3 Å². The molecule has 0 aliphatic heterocycles. The van der Waals surface area contributed by atoms with Gasteiger partial charge in [-0.1, -0.05) is 36.4 Å². The number of benzene rings is 3. The van der Waals surface area contributed by atoms with E-state index in [0.29, 0.717) is 22.6 Å². The highest BCUT2D eigenvalue weighted by Crippen LogP contribution is 2.30. The monoisotopic (exact) mass is 460 g/mol. The minimum atomic E-state index is -0.581. The summed E-state index contributed by atoms with van der Waals surface area (Å²) in [6.07, 6.45) is 1.49. The molecule has 0 spiro atoms. The summed E-state index contributed by atoms with van der Waals surface area (Å²) >= 11 is 0. The van der Waals surface area contributed by atoms with Gasteiger partial charge in [0.25, 0.3) is 5.91 Å². The lowest BCUT2D eigenvalue weighted by atomic mass is 10.0. The molecule has 0 aliphatic rings. The highest BCUT2D eigenvalue weighted by atomic mass is 16.5. The zero-order chi connectivity index (χ0) is 24.1. The lowest BCUT2D eigenvalue weighted by molar-refractivity contribution is -0.147. The van der Waals surface area contributed by atoms with Gasteiger partial charge in [-0.15, -0.1) is 0 Å². The van der Waals surface area contributed by atoms with Crippen LogP contribution in [0.3, 0.4) is 0 Å². The summed E-state index contributed by atoms with van der Waals surface area (Å²) in [4.78, 5) is 36.6. The largest absolute Gasteiger partial charge is 0.495 e. The van der Waals surface area contributed by atoms with Gasteiger partial charge < -0.3 is 24.5 Å². The van der Waals surface area contributed by atoms with E-state index >= 15 is 0 Å². The summed E-state index contributed by atoms with van der Waals surface area (Å²) in [7, 11) is 1.51. The number of esters is 1. The summed E-state index contributed by atoms with van der Waals surface area (Å²) in [6, 6.07) is 17.0. The molecule has 34 heavy (non-hydrogen) atoms. The van der Waals surface area contributed by atoms with E-state index in [1.165, 1.54) is 13.4 Å². The fraction of sp³-hybridized carbons (Fsp3) is 0.192. The van der Waals surface area contributed by atoms with Crippen LogP contribution in [0.4, 0.5) is 5.69 Å². The van der Waals surface area contributed by atoms with Crippen LogP contribution in [0.15, 0.2) is 65.3 Å². The first-order valence-corrected chi connectivity index (χ1v) is 10.7. The van der Waals surface area contributed by atoms with E-state index in [4.69, 9.17) is 13.9 Å². The number of carbonyl (C=O) groups is 3. The Labute approximate surface area is 195 Å². The van der Waals surface area contributed by atoms with E-state index in [1.807, 2.05) is 49.4 Å². The first-order valence-electron chi connectivity index (χ1n) is 10.7. The van der Waals surface area contributed by atoms with Crippen LogP contribution in [0.5, 0.6) is 5.75 Å². The molecule has 2 N–H and O–H groups in total. The third kappa shape index (κ3) is 5.17. The molecule has 4 rings (SSSR count). The number of carbonyl (C=O) groups excluding carboxylic acids is 3. The number of aryl methyl sites for hydroxylation is 1. The number of amides is 2. The third-order valence-electron chi connectivity index (χ3n) is 5.31. The molecule has 8 heteroatoms. The molecule has 1 heterocycles. The molecule has 4 aromatic rings. The first-order chi connectivity index (χ1) is 16.4. The Bertz CT molecular complexity index is 1370. The molecule has 2 amide bonds. The second-order valence-electron chi connectivity index (χ2n) is 7.79. The number of furan rings is 1. The number of fused-ring (bicyclic) bond motifs is 3. The van der Waals surface area contributed by atoms with Crippen LogP contribution >= 0.6 is 0 Å². The van der Waals surface area contributed by atoms with Crippen molar-refractivity contribution in [1.82, 2.24) is 5.32 Å². The van der Waals surface area contributed by atoms with Gasteiger partial charge in [0.05, 0.1) is 32.0 Å². The van der Waals surface area contributed by atoms with Crippen LogP contribution in [0.2, 0.25) is 0 Å². The zero-order valence-electron chi connectivity index (χ0n) is 18.8. The summed E-state index contributed by atoms with van der Waals surface area (Å²) in [6.45, 7) is 1.13. The topological polar surface area (TPSA) is 107 Å². The Hall–Kier alpha value is -4.33. The molecule has 0 aliphatic carbocycles. The molecule has 0 unspecified atom stereocenters. The standard InChI is InChI=1S/C26H24N2O6/c1-16-7-9-21(32-2)20(11-16)28-23(29)13-27-24(30)15-34-25(31)12-18-14-33-22-10-8-17-5-3-4-6-19(17)26(18)22/h3-11,14H,12-13,15H2,1-2H3,(H,27,30)(H,28,29). The molecule has 8 nitrogen and oxygen atoms in total. The summed E-state index contributed by atoms with van der Waals surface area (Å²) in [5.74, 6) is -1.07. The van der Waals surface area contributed by atoms with E-state index in [-0.39, 0.29) is 13.0 Å². The van der Waals surface area contributed by atoms with Crippen LogP contribution in [0.1, 0.15) is 11.1 Å². The van der Waals surface area contributed by atoms with E-state index in [2.05, 4.69) is 10.6 Å². The maximum Gasteiger partial charge on any atom is 0.310 e. The van der Waals surface area contributed by atoms with Crippen molar-refractivity contribution in [3.8, 4) is 5.75 Å². The molecule has 0 radical (unpaired) electrons. The van der Waals surface area contributed by atoms with Gasteiger partial charge in [-0.2, -0.15) is 0 Å². The summed E-state index contributed by atoms with van der Waals surface area (Å²) < 4.78 is 15.9. The Kier molecular flexibility index (Phi) is 6.77. The summed E-state index contributed by atoms with van der Waals surface area (Å²) in [5, 5.41) is 7.98. The highest BCUT2D eigenvalue weighted by molar-refractivity contribution is 6.08. The normalized spacial score (nSPS) is 10.8. The van der Waals surface area contributed by atoms with Gasteiger partial charge in [0.2, 0.25) is 5.91 Å². The minimum absolute atomic E-state index is 0.0398. The highest BCUT2D eigenvalue weighted by Gasteiger charge is 2.16. The van der Waals surface area contributed by atoms with Gasteiger partial charge in [-0.05, 0) is 41.5 Å². The molecule has 0 saturated heterocycles. The van der Waals surface area contributed by atoms with Gasteiger partial charge in [-0.25, -0.2) is 0 Å². The number of rotatable bonds is 8. The quantitative estimate of drug-likeness (QED) is 0.388. The van der Waals surface area contributed by atoms with Crippen molar-refractivity contribution in [2.24, 2.45) is 0 Å². The van der Waals surface area contributed by atoms with Crippen molar-refractivity contribution in [2.45, 2.75) is 13.3 Å². The number of nitrogens with one attached hydrogen (secondary N) is 2. The Morgan fingerprint density at radius 1 is 1.00 bits per heavy atom. The van der Waals surface area contributed by atoms with Crippen molar-refractivity contribution in [3.05, 3.63) is 72.0 Å². The molecule has 174 valence electrons. The van der Waals surface area contributed by atoms with E-state index in [9.17, 15) is 14.4 Å². The third-order valence-corrected chi connectivity index (χ3v) is 5.31. The van der Waals surface area contributed by atoms with Crippen molar-refractivity contribution >= 4 is 45.2 Å². The minimum Gasteiger partial charge on any atom is -0.495 e. The smallest absolute Gasteiger partial charge is 0.310 e. The molecule has 0 atom stereocenters. The number of methoxy groups -OCH3 is 1. The first kappa shape index (κ1) is 22.8. The van der Waals surface area contributed by atoms with Gasteiger partial charge in [-0.3, -0.25) is 14.4 Å². The van der Waals surface area contributed by atoms with E-state index in [0.717, 1.165) is 21.7 Å². The maximum atomic E-state index is 12.3. The lowest BCUT2D eigenvalue weighted by Gasteiger charge is -2.11. The molecule has 0 saturated carbocycles. The molecule has 3 aromatic carbocycles. The molecule has 0 bridgehead atoms. The predicted octanol–water partition coefficient (Wildman–Crippen LogP) is 3.74. The molecule has 0 fully saturated rings. The van der Waals surface area contributed by atoms with Crippen molar-refractivity contribution in [1.29, 1.82) is 0 Å². The number of hydrogen-bond donors (Lipinski definition) is 2. The molecular weight excluding hydrogens is 436 g/mol. The van der Waals surface area contributed by atoms with Gasteiger partial charge >= 0.3 is 5.97 Å². The average Bonchev–Trinajstić information content (AvgIpc) is 3.24. The predicted molar refractivity (Wildman–Crippen MR) is 128 cm³/mol. The second kappa shape index (κ2) is 10.1. The van der Waals surface area contributed by atoms with Crippen LogP contribution in [-0.4, -0.2) is 38.0 Å². The van der Waals surface area contributed by atoms with Gasteiger partial charge in [0.15, 0.2) is 6.61 Å². The number of hydrogen-bond acceptors (Lipinski definition) is 6. The van der Waals surface area contributed by atoms with Crippen molar-refractivity contribution in [2.75, 3.05) is 25.6 Å². The number of anilines is 1. The van der Waals surface area contributed by atoms with Gasteiger partial charge in [0, 0.05) is 10.9 Å². The van der Waals surface area contributed by atoms with Crippen molar-refractivity contribution in [3.63, 3.8) is 0 Å². The lowest BCUT2D eigenvalue weighted by Crippen LogP contribution is -2.35. The maximum absolute atomic E-state index is 12.3. The average molecular weight is 460 g/mol. The fourth-order valence-corrected chi connectivity index (χ4v) is 3.70. The number of ether oxygens (including phenoxy) is 2. The SMILES string of the molecule is COc1ccc(C)cc1NC(=O)CNC(=O)COC(=O)Cc1coc2ccc3ccccc3c12. The Morgan fingerprint density at radius 3 is 2.65 bits per heavy atom. The van der Waals surface area contributed by atoms with Gasteiger partial charge in [0.1, 0.15) is 11.3 Å². The van der Waals surface area contributed by atoms with Crippen LogP contribution in [0.25, 0.3) is 21.7 Å². The molecule has 1 aromatic heterocycles. The Balaban J connectivity index is 1.28. The zero-order valence-corrected chi connectivity index (χ0v) is 18.8. The molecular formula is C26H24N2O6. The van der Waals surface area contributed by atoms with Crippen LogP contribution in [0, 0.1) is 6.92 Å². The second-order valence-corrected chi connectivity index (χ2v) is 7.79. The fourth-order valence-electron chi connectivity index (χ4n) is 3.70. The van der Waals surface area contributed by atoms with E-state index < -0.39 is 24.4 Å². The van der Waals surface area contributed by atoms with Crippen LogP contribution in [-0.2, 0) is 25.5 Å². The van der Waals surface area contributed by atoms with E-state index in [1.54, 1.807) is 12.1 Å². The summed E-state index contributed by atoms with van der Waals surface area (Å²) in [5.41, 5.74) is 2.82.